The Hall–Kier alpha value is -6.85. The van der Waals surface area contributed by atoms with Crippen LogP contribution in [0.5, 0.6) is 0 Å². The monoisotopic (exact) mass is 641 g/mol. The van der Waals surface area contributed by atoms with Crippen LogP contribution in [0.15, 0.2) is 188 Å². The number of aromatic nitrogens is 4. The normalized spacial score (nSPS) is 11.2. The summed E-state index contributed by atoms with van der Waals surface area (Å²) in [6.07, 6.45) is 0. The van der Waals surface area contributed by atoms with Crippen molar-refractivity contribution in [3.05, 3.63) is 188 Å². The number of rotatable bonds is 7. The molecule has 5 nitrogen and oxygen atoms in total. The van der Waals surface area contributed by atoms with Crippen molar-refractivity contribution in [2.45, 2.75) is 0 Å². The Labute approximate surface area is 290 Å². The number of fused-ring (bicyclic) bond motifs is 3. The third-order valence-corrected chi connectivity index (χ3v) is 9.03. The van der Waals surface area contributed by atoms with E-state index in [4.69, 9.17) is 15.0 Å². The molecule has 0 saturated heterocycles. The van der Waals surface area contributed by atoms with E-state index in [2.05, 4.69) is 137 Å². The number of hydrogen-bond acceptors (Lipinski definition) is 4. The summed E-state index contributed by atoms with van der Waals surface area (Å²) < 4.78 is 2.34. The van der Waals surface area contributed by atoms with Crippen molar-refractivity contribution in [1.29, 1.82) is 0 Å². The van der Waals surface area contributed by atoms with Gasteiger partial charge in [-0.15, -0.1) is 0 Å². The van der Waals surface area contributed by atoms with E-state index in [1.54, 1.807) is 0 Å². The first-order valence-corrected chi connectivity index (χ1v) is 16.7. The predicted octanol–water partition coefficient (Wildman–Crippen LogP) is 11.4. The Bertz CT molecular complexity index is 2480. The molecule has 0 unspecified atom stereocenters. The van der Waals surface area contributed by atoms with Crippen molar-refractivity contribution in [2.75, 3.05) is 4.90 Å². The predicted molar refractivity (Wildman–Crippen MR) is 205 cm³/mol. The largest absolute Gasteiger partial charge is 0.310 e. The lowest BCUT2D eigenvalue weighted by molar-refractivity contribution is 1.06. The van der Waals surface area contributed by atoms with Crippen LogP contribution in [-0.2, 0) is 0 Å². The van der Waals surface area contributed by atoms with Crippen LogP contribution in [0.1, 0.15) is 0 Å². The van der Waals surface area contributed by atoms with Crippen molar-refractivity contribution in [1.82, 2.24) is 19.5 Å². The Balaban J connectivity index is 1.26. The summed E-state index contributed by atoms with van der Waals surface area (Å²) >= 11 is 0. The molecule has 2 heterocycles. The number of hydrogen-bond donors (Lipinski definition) is 0. The van der Waals surface area contributed by atoms with Crippen LogP contribution in [0, 0.1) is 0 Å². The Kier molecular flexibility index (Phi) is 7.41. The number of anilines is 3. The highest BCUT2D eigenvalue weighted by molar-refractivity contribution is 6.11. The van der Waals surface area contributed by atoms with Gasteiger partial charge in [-0.3, -0.25) is 0 Å². The first kappa shape index (κ1) is 29.3. The average molecular weight is 642 g/mol. The quantitative estimate of drug-likeness (QED) is 0.174. The molecule has 0 bridgehead atoms. The lowest BCUT2D eigenvalue weighted by Crippen LogP contribution is -2.09. The number of nitrogens with zero attached hydrogens (tertiary/aromatic N) is 5. The van der Waals surface area contributed by atoms with Crippen LogP contribution in [0.3, 0.4) is 0 Å². The van der Waals surface area contributed by atoms with E-state index < -0.39 is 0 Å². The molecular formula is C45H31N5. The van der Waals surface area contributed by atoms with E-state index in [-0.39, 0.29) is 0 Å². The minimum Gasteiger partial charge on any atom is -0.310 e. The van der Waals surface area contributed by atoms with Gasteiger partial charge in [0.15, 0.2) is 17.5 Å². The Morgan fingerprint density at radius 3 is 1.46 bits per heavy atom. The molecule has 0 N–H and O–H groups in total. The highest BCUT2D eigenvalue weighted by Crippen LogP contribution is 2.41. The van der Waals surface area contributed by atoms with E-state index in [1.165, 1.54) is 5.39 Å². The average Bonchev–Trinajstić information content (AvgIpc) is 3.53. The molecule has 0 radical (unpaired) electrons. The van der Waals surface area contributed by atoms with Gasteiger partial charge >= 0.3 is 0 Å². The van der Waals surface area contributed by atoms with Gasteiger partial charge in [0, 0.05) is 44.5 Å². The molecule has 0 aliphatic rings. The van der Waals surface area contributed by atoms with Gasteiger partial charge in [-0.25, -0.2) is 15.0 Å². The molecule has 0 atom stereocenters. The number of benzene rings is 7. The molecule has 7 aromatic carbocycles. The molecule has 0 spiro atoms. The van der Waals surface area contributed by atoms with E-state index in [9.17, 15) is 0 Å². The van der Waals surface area contributed by atoms with Crippen molar-refractivity contribution in [3.63, 3.8) is 0 Å². The van der Waals surface area contributed by atoms with Gasteiger partial charge in [-0.2, -0.15) is 0 Å². The summed E-state index contributed by atoms with van der Waals surface area (Å²) in [4.78, 5) is 17.4. The van der Waals surface area contributed by atoms with Crippen molar-refractivity contribution < 1.29 is 0 Å². The summed E-state index contributed by atoms with van der Waals surface area (Å²) in [5.41, 5.74) is 9.31. The van der Waals surface area contributed by atoms with Crippen LogP contribution in [0.2, 0.25) is 0 Å². The topological polar surface area (TPSA) is 46.8 Å². The summed E-state index contributed by atoms with van der Waals surface area (Å²) in [6.45, 7) is 0. The minimum atomic E-state index is 0.621. The third kappa shape index (κ3) is 5.27. The van der Waals surface area contributed by atoms with E-state index in [0.29, 0.717) is 17.5 Å². The summed E-state index contributed by atoms with van der Waals surface area (Å²) in [7, 11) is 0. The zero-order chi connectivity index (χ0) is 33.3. The van der Waals surface area contributed by atoms with Gasteiger partial charge in [-0.05, 0) is 60.7 Å². The van der Waals surface area contributed by atoms with E-state index in [1.807, 2.05) is 60.7 Å². The van der Waals surface area contributed by atoms with E-state index >= 15 is 0 Å². The lowest BCUT2D eigenvalue weighted by atomic mass is 10.1. The standard InChI is InChI=1S/C45H31N5/c1-5-17-32(18-6-1)43-46-44(33-19-7-2-8-20-33)48-45(47-43)38-26-14-16-28-41(38)50-40-27-15-13-25-37(40)39-31-36(29-30-42(39)50)49(34-21-9-3-10-22-34)35-23-11-4-12-24-35/h1-31H. The molecule has 0 saturated carbocycles. The Morgan fingerprint density at radius 1 is 0.360 bits per heavy atom. The molecule has 9 rings (SSSR count). The fourth-order valence-corrected chi connectivity index (χ4v) is 6.75. The molecule has 2 aromatic heterocycles. The van der Waals surface area contributed by atoms with Crippen LogP contribution >= 0.6 is 0 Å². The van der Waals surface area contributed by atoms with Gasteiger partial charge < -0.3 is 9.47 Å². The fourth-order valence-electron chi connectivity index (χ4n) is 6.75. The highest BCUT2D eigenvalue weighted by atomic mass is 15.1. The van der Waals surface area contributed by atoms with Crippen LogP contribution in [-0.4, -0.2) is 19.5 Å². The van der Waals surface area contributed by atoms with Gasteiger partial charge in [0.25, 0.3) is 0 Å². The van der Waals surface area contributed by atoms with Gasteiger partial charge in [-0.1, -0.05) is 127 Å². The van der Waals surface area contributed by atoms with Crippen molar-refractivity contribution in [2.24, 2.45) is 0 Å². The molecule has 0 fully saturated rings. The van der Waals surface area contributed by atoms with Gasteiger partial charge in [0.2, 0.25) is 0 Å². The van der Waals surface area contributed by atoms with Gasteiger partial charge in [0.05, 0.1) is 16.7 Å². The van der Waals surface area contributed by atoms with Gasteiger partial charge in [0.1, 0.15) is 0 Å². The highest BCUT2D eigenvalue weighted by Gasteiger charge is 2.20. The number of para-hydroxylation sites is 4. The molecule has 236 valence electrons. The first-order chi connectivity index (χ1) is 24.8. The van der Waals surface area contributed by atoms with Crippen molar-refractivity contribution in [3.8, 4) is 39.9 Å². The maximum absolute atomic E-state index is 5.09. The summed E-state index contributed by atoms with van der Waals surface area (Å²) in [6, 6.07) is 65.0. The second-order valence-corrected chi connectivity index (χ2v) is 12.1. The maximum atomic E-state index is 5.09. The second-order valence-electron chi connectivity index (χ2n) is 12.1. The van der Waals surface area contributed by atoms with Crippen molar-refractivity contribution >= 4 is 38.9 Å². The first-order valence-electron chi connectivity index (χ1n) is 16.7. The second kappa shape index (κ2) is 12.6. The SMILES string of the molecule is c1ccc(-c2nc(-c3ccccc3)nc(-c3ccccc3-n3c4ccccc4c4cc(N(c5ccccc5)c5ccccc5)ccc43)n2)cc1. The molecule has 50 heavy (non-hydrogen) atoms. The zero-order valence-electron chi connectivity index (χ0n) is 27.1. The molecule has 0 aliphatic carbocycles. The molecule has 0 amide bonds. The molecule has 9 aromatic rings. The molecular weight excluding hydrogens is 611 g/mol. The Morgan fingerprint density at radius 2 is 0.840 bits per heavy atom. The maximum Gasteiger partial charge on any atom is 0.166 e. The molecule has 0 aliphatic heterocycles. The lowest BCUT2D eigenvalue weighted by Gasteiger charge is -2.25. The zero-order valence-corrected chi connectivity index (χ0v) is 27.1. The summed E-state index contributed by atoms with van der Waals surface area (Å²) in [5, 5.41) is 2.33. The molecule has 5 heteroatoms. The van der Waals surface area contributed by atoms with Crippen LogP contribution in [0.4, 0.5) is 17.1 Å². The van der Waals surface area contributed by atoms with Crippen LogP contribution < -0.4 is 4.90 Å². The smallest absolute Gasteiger partial charge is 0.166 e. The minimum absolute atomic E-state index is 0.621. The fraction of sp³-hybridized carbons (Fsp3) is 0. The third-order valence-electron chi connectivity index (χ3n) is 9.03. The van der Waals surface area contributed by atoms with E-state index in [0.717, 1.165) is 55.9 Å². The van der Waals surface area contributed by atoms with Crippen LogP contribution in [0.25, 0.3) is 61.7 Å². The summed E-state index contributed by atoms with van der Waals surface area (Å²) in [5.74, 6) is 1.89.